The van der Waals surface area contributed by atoms with Crippen LogP contribution in [0.1, 0.15) is 5.69 Å². The largest absolute Gasteiger partial charge is 0.326 e. The highest BCUT2D eigenvalue weighted by atomic mass is 32.1. The average Bonchev–Trinajstić information content (AvgIpc) is 3.03. The molecule has 0 aliphatic carbocycles. The van der Waals surface area contributed by atoms with Gasteiger partial charge in [0, 0.05) is 17.6 Å². The molecule has 6 heteroatoms. The Kier molecular flexibility index (Phi) is 3.97. The second-order valence-corrected chi connectivity index (χ2v) is 5.19. The van der Waals surface area contributed by atoms with E-state index in [9.17, 15) is 4.79 Å². The molecule has 104 valence electrons. The molecule has 1 aromatic carbocycles. The third-order valence-corrected chi connectivity index (χ3v) is 3.60. The van der Waals surface area contributed by atoms with Crippen molar-refractivity contribution in [2.45, 2.75) is 6.42 Å². The number of anilines is 1. The van der Waals surface area contributed by atoms with Crippen LogP contribution in [0.3, 0.4) is 0 Å². The van der Waals surface area contributed by atoms with E-state index in [-0.39, 0.29) is 12.3 Å². The molecule has 0 unspecified atom stereocenters. The Bertz CT molecular complexity index is 711. The Morgan fingerprint density at radius 2 is 2.00 bits per heavy atom. The second kappa shape index (κ2) is 6.23. The van der Waals surface area contributed by atoms with Crippen LogP contribution in [0, 0.1) is 0 Å². The highest BCUT2D eigenvalue weighted by molar-refractivity contribution is 7.09. The summed E-state index contributed by atoms with van der Waals surface area (Å²) < 4.78 is 3.83. The van der Waals surface area contributed by atoms with Crippen LogP contribution in [0.25, 0.3) is 10.4 Å². The van der Waals surface area contributed by atoms with E-state index >= 15 is 0 Å². The molecule has 0 atom stereocenters. The van der Waals surface area contributed by atoms with E-state index in [2.05, 4.69) is 19.9 Å². The van der Waals surface area contributed by atoms with E-state index in [1.807, 2.05) is 42.5 Å². The number of rotatable bonds is 4. The molecule has 0 aliphatic heterocycles. The summed E-state index contributed by atoms with van der Waals surface area (Å²) in [6, 6.07) is 13.1. The van der Waals surface area contributed by atoms with E-state index in [1.54, 1.807) is 12.4 Å². The molecular weight excluding hydrogens is 284 g/mol. The Morgan fingerprint density at radius 3 is 2.67 bits per heavy atom. The van der Waals surface area contributed by atoms with Gasteiger partial charge in [0.1, 0.15) is 0 Å². The fraction of sp³-hybridized carbons (Fsp3) is 0.0667. The number of carbonyl (C=O) groups is 1. The summed E-state index contributed by atoms with van der Waals surface area (Å²) in [7, 11) is 0. The van der Waals surface area contributed by atoms with Crippen molar-refractivity contribution in [1.29, 1.82) is 0 Å². The van der Waals surface area contributed by atoms with Crippen molar-refractivity contribution in [3.8, 4) is 10.4 Å². The molecule has 1 amide bonds. The third-order valence-electron chi connectivity index (χ3n) is 2.88. The summed E-state index contributed by atoms with van der Waals surface area (Å²) in [6.07, 6.45) is 3.67. The molecule has 5 nitrogen and oxygen atoms in total. The number of benzene rings is 1. The van der Waals surface area contributed by atoms with Crippen LogP contribution < -0.4 is 5.32 Å². The summed E-state index contributed by atoms with van der Waals surface area (Å²) in [4.78, 5) is 17.1. The summed E-state index contributed by atoms with van der Waals surface area (Å²) in [5.41, 5.74) is 2.55. The van der Waals surface area contributed by atoms with Gasteiger partial charge in [0.2, 0.25) is 5.91 Å². The van der Waals surface area contributed by atoms with Gasteiger partial charge in [-0.25, -0.2) is 0 Å². The molecule has 1 N–H and O–H groups in total. The SMILES string of the molecule is O=C(Cc1ccccn1)Nc1ccc(-c2cnns2)cc1. The van der Waals surface area contributed by atoms with Crippen LogP contribution >= 0.6 is 11.5 Å². The average molecular weight is 296 g/mol. The van der Waals surface area contributed by atoms with Crippen LogP contribution in [0.5, 0.6) is 0 Å². The van der Waals surface area contributed by atoms with Crippen LogP contribution in [0.4, 0.5) is 5.69 Å². The first kappa shape index (κ1) is 13.4. The standard InChI is InChI=1S/C15H12N4OS/c20-15(9-13-3-1-2-8-16-13)18-12-6-4-11(5-7-12)14-10-17-19-21-14/h1-8,10H,9H2,(H,18,20). The summed E-state index contributed by atoms with van der Waals surface area (Å²) in [5, 5.41) is 6.66. The van der Waals surface area contributed by atoms with Crippen LogP contribution in [0.2, 0.25) is 0 Å². The van der Waals surface area contributed by atoms with Gasteiger partial charge in [-0.2, -0.15) is 0 Å². The molecule has 21 heavy (non-hydrogen) atoms. The van der Waals surface area contributed by atoms with E-state index in [0.29, 0.717) is 0 Å². The van der Waals surface area contributed by atoms with Crippen molar-refractivity contribution in [1.82, 2.24) is 14.6 Å². The lowest BCUT2D eigenvalue weighted by atomic mass is 10.2. The van der Waals surface area contributed by atoms with Crippen molar-refractivity contribution in [2.75, 3.05) is 5.32 Å². The summed E-state index contributed by atoms with van der Waals surface area (Å²) in [5.74, 6) is -0.0825. The van der Waals surface area contributed by atoms with E-state index < -0.39 is 0 Å². The zero-order chi connectivity index (χ0) is 14.5. The van der Waals surface area contributed by atoms with Gasteiger partial charge in [-0.15, -0.1) is 5.10 Å². The van der Waals surface area contributed by atoms with E-state index in [1.165, 1.54) is 11.5 Å². The fourth-order valence-electron chi connectivity index (χ4n) is 1.88. The number of hydrogen-bond acceptors (Lipinski definition) is 5. The second-order valence-electron chi connectivity index (χ2n) is 4.41. The number of nitrogens with zero attached hydrogens (tertiary/aromatic N) is 3. The monoisotopic (exact) mass is 296 g/mol. The first-order valence-electron chi connectivity index (χ1n) is 6.39. The number of carbonyl (C=O) groups excluding carboxylic acids is 1. The minimum absolute atomic E-state index is 0.0825. The quantitative estimate of drug-likeness (QED) is 0.804. The zero-order valence-corrected chi connectivity index (χ0v) is 11.9. The van der Waals surface area contributed by atoms with Crippen molar-refractivity contribution < 1.29 is 4.79 Å². The number of aromatic nitrogens is 3. The van der Waals surface area contributed by atoms with Gasteiger partial charge >= 0.3 is 0 Å². The van der Waals surface area contributed by atoms with Gasteiger partial charge in [0.05, 0.1) is 17.5 Å². The predicted octanol–water partition coefficient (Wildman–Crippen LogP) is 2.78. The smallest absolute Gasteiger partial charge is 0.230 e. The van der Waals surface area contributed by atoms with Gasteiger partial charge in [-0.05, 0) is 41.4 Å². The Balaban J connectivity index is 1.64. The maximum absolute atomic E-state index is 11.9. The van der Waals surface area contributed by atoms with Gasteiger partial charge in [-0.3, -0.25) is 9.78 Å². The highest BCUT2D eigenvalue weighted by Crippen LogP contribution is 2.23. The maximum atomic E-state index is 11.9. The lowest BCUT2D eigenvalue weighted by Crippen LogP contribution is -2.14. The highest BCUT2D eigenvalue weighted by Gasteiger charge is 2.05. The molecule has 3 aromatic rings. The maximum Gasteiger partial charge on any atom is 0.230 e. The number of hydrogen-bond donors (Lipinski definition) is 1. The van der Waals surface area contributed by atoms with Crippen LogP contribution in [0.15, 0.2) is 54.9 Å². The molecule has 0 radical (unpaired) electrons. The molecule has 0 bridgehead atoms. The Hall–Kier alpha value is -2.60. The van der Waals surface area contributed by atoms with Crippen LogP contribution in [-0.4, -0.2) is 20.5 Å². The number of amides is 1. The number of pyridine rings is 1. The van der Waals surface area contributed by atoms with E-state index in [0.717, 1.165) is 21.8 Å². The summed E-state index contributed by atoms with van der Waals surface area (Å²) in [6.45, 7) is 0. The Labute approximate surface area is 125 Å². The predicted molar refractivity (Wildman–Crippen MR) is 81.9 cm³/mol. The number of nitrogens with one attached hydrogen (secondary N) is 1. The molecule has 0 aliphatic rings. The molecule has 0 saturated heterocycles. The first-order chi connectivity index (χ1) is 10.3. The summed E-state index contributed by atoms with van der Waals surface area (Å²) >= 11 is 1.34. The molecular formula is C15H12N4OS. The fourth-order valence-corrected chi connectivity index (χ4v) is 2.40. The topological polar surface area (TPSA) is 67.8 Å². The molecule has 2 aromatic heterocycles. The first-order valence-corrected chi connectivity index (χ1v) is 7.16. The van der Waals surface area contributed by atoms with Gasteiger partial charge in [0.25, 0.3) is 0 Å². The molecule has 3 rings (SSSR count). The molecule has 0 saturated carbocycles. The minimum atomic E-state index is -0.0825. The normalized spacial score (nSPS) is 10.3. The minimum Gasteiger partial charge on any atom is -0.326 e. The van der Waals surface area contributed by atoms with E-state index in [4.69, 9.17) is 0 Å². The van der Waals surface area contributed by atoms with Crippen molar-refractivity contribution >= 4 is 23.1 Å². The third kappa shape index (κ3) is 3.49. The molecule has 2 heterocycles. The molecule has 0 spiro atoms. The molecule has 0 fully saturated rings. The van der Waals surface area contributed by atoms with Gasteiger partial charge in [0.15, 0.2) is 0 Å². The lowest BCUT2D eigenvalue weighted by Gasteiger charge is -2.05. The Morgan fingerprint density at radius 1 is 1.14 bits per heavy atom. The van der Waals surface area contributed by atoms with Crippen molar-refractivity contribution in [2.24, 2.45) is 0 Å². The zero-order valence-electron chi connectivity index (χ0n) is 11.1. The van der Waals surface area contributed by atoms with Gasteiger partial charge in [-0.1, -0.05) is 22.7 Å². The van der Waals surface area contributed by atoms with Crippen molar-refractivity contribution in [3.63, 3.8) is 0 Å². The van der Waals surface area contributed by atoms with Crippen molar-refractivity contribution in [3.05, 3.63) is 60.6 Å². The van der Waals surface area contributed by atoms with Crippen LogP contribution in [-0.2, 0) is 11.2 Å². The lowest BCUT2D eigenvalue weighted by molar-refractivity contribution is -0.115. The van der Waals surface area contributed by atoms with Gasteiger partial charge < -0.3 is 5.32 Å².